The van der Waals surface area contributed by atoms with Gasteiger partial charge < -0.3 is 14.7 Å². The molecule has 0 heterocycles. The van der Waals surface area contributed by atoms with Gasteiger partial charge in [-0.15, -0.1) is 0 Å². The molecule has 21 heavy (non-hydrogen) atoms. The number of nitrogens with zero attached hydrogens (tertiary/aromatic N) is 1. The lowest BCUT2D eigenvalue weighted by Gasteiger charge is -2.17. The summed E-state index contributed by atoms with van der Waals surface area (Å²) in [5.74, 6) is 0.983. The molecule has 0 saturated heterocycles. The third kappa shape index (κ3) is 3.99. The second-order valence-electron chi connectivity index (χ2n) is 4.72. The van der Waals surface area contributed by atoms with E-state index in [1.807, 2.05) is 31.2 Å². The summed E-state index contributed by atoms with van der Waals surface area (Å²) in [4.78, 5) is 13.8. The lowest BCUT2D eigenvalue weighted by Crippen LogP contribution is -2.27. The smallest absolute Gasteiger partial charge is 0.231 e. The molecular weight excluding hydrogens is 266 g/mol. The lowest BCUT2D eigenvalue weighted by atomic mass is 10.1. The normalized spacial score (nSPS) is 10.2. The molecule has 2 rings (SSSR count). The highest BCUT2D eigenvalue weighted by Gasteiger charge is 2.11. The summed E-state index contributed by atoms with van der Waals surface area (Å²) in [5.41, 5.74) is 1.69. The fourth-order valence-electron chi connectivity index (χ4n) is 1.98. The molecule has 0 aliphatic carbocycles. The fraction of sp³-hybridized carbons (Fsp3) is 0.235. The van der Waals surface area contributed by atoms with Crippen LogP contribution in [0, 0.1) is 0 Å². The van der Waals surface area contributed by atoms with E-state index >= 15 is 0 Å². The van der Waals surface area contributed by atoms with E-state index in [-0.39, 0.29) is 11.7 Å². The van der Waals surface area contributed by atoms with E-state index in [1.54, 1.807) is 36.2 Å². The number of carbonyl (C=O) groups excluding carboxylic acids is 1. The molecule has 0 spiro atoms. The van der Waals surface area contributed by atoms with Crippen LogP contribution in [0.25, 0.3) is 0 Å². The first-order valence-corrected chi connectivity index (χ1v) is 6.87. The first kappa shape index (κ1) is 14.9. The molecule has 2 aromatic rings. The van der Waals surface area contributed by atoms with E-state index in [2.05, 4.69) is 0 Å². The molecule has 0 aliphatic heterocycles. The summed E-state index contributed by atoms with van der Waals surface area (Å²) in [6, 6.07) is 14.1. The molecule has 110 valence electrons. The maximum atomic E-state index is 12.2. The monoisotopic (exact) mass is 285 g/mol. The summed E-state index contributed by atoms with van der Waals surface area (Å²) < 4.78 is 5.37. The summed E-state index contributed by atoms with van der Waals surface area (Å²) in [5, 5.41) is 9.27. The van der Waals surface area contributed by atoms with Gasteiger partial charge in [0, 0.05) is 12.7 Å². The van der Waals surface area contributed by atoms with Gasteiger partial charge in [-0.1, -0.05) is 12.1 Å². The zero-order valence-electron chi connectivity index (χ0n) is 12.2. The second-order valence-corrected chi connectivity index (χ2v) is 4.72. The third-order valence-electron chi connectivity index (χ3n) is 3.20. The molecule has 0 atom stereocenters. The molecule has 0 aliphatic rings. The Labute approximate surface area is 124 Å². The predicted molar refractivity (Wildman–Crippen MR) is 82.8 cm³/mol. The number of hydrogen-bond donors (Lipinski definition) is 1. The van der Waals surface area contributed by atoms with Crippen LogP contribution in [-0.4, -0.2) is 24.7 Å². The van der Waals surface area contributed by atoms with Gasteiger partial charge in [-0.3, -0.25) is 4.79 Å². The van der Waals surface area contributed by atoms with Gasteiger partial charge in [-0.05, 0) is 48.9 Å². The van der Waals surface area contributed by atoms with Gasteiger partial charge in [0.1, 0.15) is 11.5 Å². The fourth-order valence-corrected chi connectivity index (χ4v) is 1.98. The first-order valence-electron chi connectivity index (χ1n) is 6.87. The Hall–Kier alpha value is -2.49. The van der Waals surface area contributed by atoms with Crippen LogP contribution < -0.4 is 9.64 Å². The van der Waals surface area contributed by atoms with Crippen molar-refractivity contribution in [1.82, 2.24) is 0 Å². The van der Waals surface area contributed by atoms with Crippen molar-refractivity contribution in [2.75, 3.05) is 18.6 Å². The highest BCUT2D eigenvalue weighted by atomic mass is 16.5. The van der Waals surface area contributed by atoms with Gasteiger partial charge in [0.25, 0.3) is 0 Å². The Morgan fingerprint density at radius 2 is 1.71 bits per heavy atom. The van der Waals surface area contributed by atoms with Crippen LogP contribution in [0.3, 0.4) is 0 Å². The van der Waals surface area contributed by atoms with Gasteiger partial charge >= 0.3 is 0 Å². The third-order valence-corrected chi connectivity index (χ3v) is 3.20. The molecule has 1 N–H and O–H groups in total. The Kier molecular flexibility index (Phi) is 4.82. The number of phenolic OH excluding ortho intramolecular Hbond substituents is 1. The molecule has 0 bridgehead atoms. The minimum atomic E-state index is -0.00940. The number of rotatable bonds is 5. The zero-order valence-corrected chi connectivity index (χ0v) is 12.2. The topological polar surface area (TPSA) is 49.8 Å². The molecule has 0 radical (unpaired) electrons. The minimum Gasteiger partial charge on any atom is -0.508 e. The van der Waals surface area contributed by atoms with Crippen LogP contribution in [0.15, 0.2) is 48.5 Å². The van der Waals surface area contributed by atoms with Crippen molar-refractivity contribution >= 4 is 11.6 Å². The van der Waals surface area contributed by atoms with Crippen LogP contribution in [0.5, 0.6) is 11.5 Å². The lowest BCUT2D eigenvalue weighted by molar-refractivity contribution is -0.117. The maximum absolute atomic E-state index is 12.2. The van der Waals surface area contributed by atoms with Crippen molar-refractivity contribution in [1.29, 1.82) is 0 Å². The molecule has 2 aromatic carbocycles. The number of hydrogen-bond acceptors (Lipinski definition) is 3. The van der Waals surface area contributed by atoms with Gasteiger partial charge in [0.2, 0.25) is 5.91 Å². The van der Waals surface area contributed by atoms with Crippen molar-refractivity contribution in [2.45, 2.75) is 13.3 Å². The van der Waals surface area contributed by atoms with Crippen molar-refractivity contribution in [3.63, 3.8) is 0 Å². The highest BCUT2D eigenvalue weighted by molar-refractivity contribution is 5.94. The zero-order chi connectivity index (χ0) is 15.2. The molecule has 4 nitrogen and oxygen atoms in total. The Bertz CT molecular complexity index is 590. The summed E-state index contributed by atoms with van der Waals surface area (Å²) in [7, 11) is 1.73. The number of phenols is 1. The van der Waals surface area contributed by atoms with Crippen LogP contribution in [-0.2, 0) is 11.2 Å². The van der Waals surface area contributed by atoms with Crippen molar-refractivity contribution in [3.8, 4) is 11.5 Å². The van der Waals surface area contributed by atoms with Crippen molar-refractivity contribution < 1.29 is 14.6 Å². The van der Waals surface area contributed by atoms with E-state index in [1.165, 1.54) is 0 Å². The Morgan fingerprint density at radius 3 is 2.29 bits per heavy atom. The summed E-state index contributed by atoms with van der Waals surface area (Å²) in [6.07, 6.45) is 0.323. The van der Waals surface area contributed by atoms with Crippen LogP contribution in [0.4, 0.5) is 5.69 Å². The molecule has 1 amide bonds. The van der Waals surface area contributed by atoms with Crippen molar-refractivity contribution in [3.05, 3.63) is 54.1 Å². The average molecular weight is 285 g/mol. The second kappa shape index (κ2) is 6.79. The number of ether oxygens (including phenoxy) is 1. The quantitative estimate of drug-likeness (QED) is 0.918. The van der Waals surface area contributed by atoms with Gasteiger partial charge in [0.05, 0.1) is 13.0 Å². The van der Waals surface area contributed by atoms with Crippen LogP contribution in [0.1, 0.15) is 12.5 Å². The molecule has 0 aromatic heterocycles. The predicted octanol–water partition coefficient (Wildman–Crippen LogP) is 3.00. The SMILES string of the molecule is CCOc1ccc(CC(=O)N(C)c2ccc(O)cc2)cc1. The largest absolute Gasteiger partial charge is 0.508 e. The molecule has 0 saturated carbocycles. The standard InChI is InChI=1S/C17H19NO3/c1-3-21-16-10-4-13(5-11-16)12-17(20)18(2)14-6-8-15(19)9-7-14/h4-11,19H,3,12H2,1-2H3. The summed E-state index contributed by atoms with van der Waals surface area (Å²) >= 11 is 0. The van der Waals surface area contributed by atoms with E-state index < -0.39 is 0 Å². The van der Waals surface area contributed by atoms with Crippen LogP contribution >= 0.6 is 0 Å². The van der Waals surface area contributed by atoms with E-state index in [0.717, 1.165) is 17.0 Å². The number of anilines is 1. The number of amides is 1. The van der Waals surface area contributed by atoms with Gasteiger partial charge in [-0.25, -0.2) is 0 Å². The van der Waals surface area contributed by atoms with E-state index in [0.29, 0.717) is 13.0 Å². The average Bonchev–Trinajstić information content (AvgIpc) is 2.49. The number of aromatic hydroxyl groups is 1. The maximum Gasteiger partial charge on any atom is 0.231 e. The van der Waals surface area contributed by atoms with Crippen LogP contribution in [0.2, 0.25) is 0 Å². The highest BCUT2D eigenvalue weighted by Crippen LogP contribution is 2.19. The van der Waals surface area contributed by atoms with E-state index in [4.69, 9.17) is 4.74 Å². The Morgan fingerprint density at radius 1 is 1.10 bits per heavy atom. The molecule has 4 heteroatoms. The van der Waals surface area contributed by atoms with Crippen molar-refractivity contribution in [2.24, 2.45) is 0 Å². The molecule has 0 fully saturated rings. The molecule has 0 unspecified atom stereocenters. The van der Waals surface area contributed by atoms with E-state index in [9.17, 15) is 9.90 Å². The Balaban J connectivity index is 2.01. The summed E-state index contributed by atoms with van der Waals surface area (Å²) in [6.45, 7) is 2.56. The molecular formula is C17H19NO3. The number of likely N-dealkylation sites (N-methyl/N-ethyl adjacent to an activating group) is 1. The van der Waals surface area contributed by atoms with Gasteiger partial charge in [-0.2, -0.15) is 0 Å². The number of benzene rings is 2. The number of carbonyl (C=O) groups is 1. The van der Waals surface area contributed by atoms with Gasteiger partial charge in [0.15, 0.2) is 0 Å². The first-order chi connectivity index (χ1) is 10.1. The minimum absolute atomic E-state index is 0.00940.